The summed E-state index contributed by atoms with van der Waals surface area (Å²) in [4.78, 5) is 0. The zero-order valence-corrected chi connectivity index (χ0v) is 5.34. The number of nitrogens with two attached hydrogens (primary N) is 3. The Morgan fingerprint density at radius 2 is 1.89 bits per heavy atom. The van der Waals surface area contributed by atoms with Gasteiger partial charge in [0.15, 0.2) is 5.88 Å². The molecule has 54 valence electrons. The van der Waals surface area contributed by atoms with Crippen molar-refractivity contribution in [1.82, 2.24) is 0 Å². The Bertz CT molecular complexity index is 90.2. The summed E-state index contributed by atoms with van der Waals surface area (Å²) >= 11 is 0. The molecule has 4 nitrogen and oxygen atoms in total. The van der Waals surface area contributed by atoms with Gasteiger partial charge < -0.3 is 21.9 Å². The highest BCUT2D eigenvalue weighted by atomic mass is 16.5. The lowest BCUT2D eigenvalue weighted by atomic mass is 10.4. The third kappa shape index (κ3) is 3.81. The molecule has 0 rings (SSSR count). The highest BCUT2D eigenvalue weighted by molar-refractivity contribution is 4.75. The van der Waals surface area contributed by atoms with Gasteiger partial charge in [0.25, 0.3) is 0 Å². The Labute approximate surface area is 54.6 Å². The molecule has 0 aromatic rings. The fourth-order valence-electron chi connectivity index (χ4n) is 0.407. The molecule has 0 spiro atoms. The monoisotopic (exact) mass is 131 g/mol. The second-order valence-corrected chi connectivity index (χ2v) is 1.68. The predicted molar refractivity (Wildman–Crippen MR) is 36.3 cm³/mol. The lowest BCUT2D eigenvalue weighted by Crippen LogP contribution is -2.32. The van der Waals surface area contributed by atoms with Crippen molar-refractivity contribution in [1.29, 1.82) is 0 Å². The van der Waals surface area contributed by atoms with Crippen LogP contribution in [0, 0.1) is 0 Å². The SMILES string of the molecule is C=C(N)OC(CN)CN. The first-order valence-electron chi connectivity index (χ1n) is 2.72. The molecule has 0 saturated heterocycles. The lowest BCUT2D eigenvalue weighted by molar-refractivity contribution is 0.128. The van der Waals surface area contributed by atoms with Gasteiger partial charge in [0, 0.05) is 13.1 Å². The Hall–Kier alpha value is -0.740. The van der Waals surface area contributed by atoms with Crippen LogP contribution in [-0.2, 0) is 4.74 Å². The second kappa shape index (κ2) is 4.17. The van der Waals surface area contributed by atoms with Crippen molar-refractivity contribution in [3.63, 3.8) is 0 Å². The van der Waals surface area contributed by atoms with E-state index in [9.17, 15) is 0 Å². The molecule has 0 aliphatic carbocycles. The first-order chi connectivity index (χ1) is 4.20. The summed E-state index contributed by atoms with van der Waals surface area (Å²) in [5, 5.41) is 0. The van der Waals surface area contributed by atoms with Crippen molar-refractivity contribution in [2.24, 2.45) is 17.2 Å². The fourth-order valence-corrected chi connectivity index (χ4v) is 0.407. The fraction of sp³-hybridized carbons (Fsp3) is 0.600. The van der Waals surface area contributed by atoms with Crippen LogP contribution in [0.5, 0.6) is 0 Å². The van der Waals surface area contributed by atoms with Gasteiger partial charge in [0.1, 0.15) is 6.10 Å². The topological polar surface area (TPSA) is 87.3 Å². The van der Waals surface area contributed by atoms with Crippen LogP contribution >= 0.6 is 0 Å². The number of ether oxygens (including phenoxy) is 1. The summed E-state index contributed by atoms with van der Waals surface area (Å²) in [7, 11) is 0. The van der Waals surface area contributed by atoms with Crippen molar-refractivity contribution in [3.05, 3.63) is 12.5 Å². The van der Waals surface area contributed by atoms with Gasteiger partial charge in [-0.15, -0.1) is 0 Å². The normalized spacial score (nSPS) is 9.67. The summed E-state index contributed by atoms with van der Waals surface area (Å²) in [5.41, 5.74) is 15.6. The van der Waals surface area contributed by atoms with E-state index in [0.29, 0.717) is 13.1 Å². The van der Waals surface area contributed by atoms with E-state index in [2.05, 4.69) is 6.58 Å². The van der Waals surface area contributed by atoms with Crippen LogP contribution in [0.1, 0.15) is 0 Å². The van der Waals surface area contributed by atoms with E-state index in [1.165, 1.54) is 0 Å². The molecule has 4 heteroatoms. The van der Waals surface area contributed by atoms with E-state index >= 15 is 0 Å². The molecule has 0 radical (unpaired) electrons. The first-order valence-corrected chi connectivity index (χ1v) is 2.72. The van der Waals surface area contributed by atoms with E-state index in [-0.39, 0.29) is 12.0 Å². The molecule has 0 fully saturated rings. The van der Waals surface area contributed by atoms with Crippen LogP contribution in [0.4, 0.5) is 0 Å². The summed E-state index contributed by atoms with van der Waals surface area (Å²) in [6.45, 7) is 4.07. The minimum atomic E-state index is -0.192. The van der Waals surface area contributed by atoms with E-state index < -0.39 is 0 Å². The molecular formula is C5H13N3O. The van der Waals surface area contributed by atoms with Crippen molar-refractivity contribution in [3.8, 4) is 0 Å². The van der Waals surface area contributed by atoms with E-state index in [1.807, 2.05) is 0 Å². The maximum atomic E-state index is 5.23. The molecule has 0 heterocycles. The van der Waals surface area contributed by atoms with E-state index in [0.717, 1.165) is 0 Å². The first kappa shape index (κ1) is 8.26. The lowest BCUT2D eigenvalue weighted by Gasteiger charge is -2.13. The number of hydrogen-bond acceptors (Lipinski definition) is 4. The Kier molecular flexibility index (Phi) is 3.83. The molecule has 0 unspecified atom stereocenters. The van der Waals surface area contributed by atoms with Crippen LogP contribution < -0.4 is 17.2 Å². The van der Waals surface area contributed by atoms with Gasteiger partial charge in [0.05, 0.1) is 0 Å². The van der Waals surface area contributed by atoms with Crippen LogP contribution in [0.2, 0.25) is 0 Å². The summed E-state index contributed by atoms with van der Waals surface area (Å²) < 4.78 is 4.88. The van der Waals surface area contributed by atoms with Gasteiger partial charge in [0.2, 0.25) is 0 Å². The highest BCUT2D eigenvalue weighted by Crippen LogP contribution is 1.89. The van der Waals surface area contributed by atoms with E-state index in [4.69, 9.17) is 21.9 Å². The van der Waals surface area contributed by atoms with Gasteiger partial charge in [-0.2, -0.15) is 0 Å². The minimum absolute atomic E-state index is 0.163. The molecule has 9 heavy (non-hydrogen) atoms. The quantitative estimate of drug-likeness (QED) is 0.415. The molecule has 0 bridgehead atoms. The standard InChI is InChI=1S/C5H13N3O/c1-4(8)9-5(2-6)3-7/h5H,1-3,6-8H2. The molecule has 0 aliphatic heterocycles. The molecule has 0 aromatic heterocycles. The number of rotatable bonds is 4. The Morgan fingerprint density at radius 1 is 1.44 bits per heavy atom. The van der Waals surface area contributed by atoms with Crippen molar-refractivity contribution in [2.45, 2.75) is 6.10 Å². The van der Waals surface area contributed by atoms with Crippen molar-refractivity contribution < 1.29 is 4.74 Å². The van der Waals surface area contributed by atoms with Crippen LogP contribution in [0.25, 0.3) is 0 Å². The third-order valence-corrected chi connectivity index (χ3v) is 0.844. The van der Waals surface area contributed by atoms with Gasteiger partial charge in [-0.1, -0.05) is 0 Å². The van der Waals surface area contributed by atoms with Gasteiger partial charge >= 0.3 is 0 Å². The maximum Gasteiger partial charge on any atom is 0.177 e. The largest absolute Gasteiger partial charge is 0.474 e. The van der Waals surface area contributed by atoms with Gasteiger partial charge in [-0.05, 0) is 6.58 Å². The average Bonchev–Trinajstić information content (AvgIpc) is 1.82. The molecule has 6 N–H and O–H groups in total. The van der Waals surface area contributed by atoms with Gasteiger partial charge in [-0.25, -0.2) is 0 Å². The molecule has 0 atom stereocenters. The molecule has 0 amide bonds. The second-order valence-electron chi connectivity index (χ2n) is 1.68. The summed E-state index contributed by atoms with van der Waals surface area (Å²) in [5.74, 6) is 0.163. The molecule has 0 aliphatic rings. The molecule has 0 saturated carbocycles. The highest BCUT2D eigenvalue weighted by Gasteiger charge is 2.02. The Morgan fingerprint density at radius 3 is 2.00 bits per heavy atom. The third-order valence-electron chi connectivity index (χ3n) is 0.844. The zero-order chi connectivity index (χ0) is 7.28. The van der Waals surface area contributed by atoms with E-state index in [1.54, 1.807) is 0 Å². The smallest absolute Gasteiger partial charge is 0.177 e. The molecular weight excluding hydrogens is 118 g/mol. The average molecular weight is 131 g/mol. The summed E-state index contributed by atoms with van der Waals surface area (Å²) in [6, 6.07) is 0. The van der Waals surface area contributed by atoms with Crippen molar-refractivity contribution in [2.75, 3.05) is 13.1 Å². The number of hydrogen-bond donors (Lipinski definition) is 3. The molecule has 0 aromatic carbocycles. The minimum Gasteiger partial charge on any atom is -0.474 e. The maximum absolute atomic E-state index is 5.23. The van der Waals surface area contributed by atoms with Crippen LogP contribution in [-0.4, -0.2) is 19.2 Å². The van der Waals surface area contributed by atoms with Gasteiger partial charge in [-0.3, -0.25) is 0 Å². The summed E-state index contributed by atoms with van der Waals surface area (Å²) in [6.07, 6.45) is -0.192. The van der Waals surface area contributed by atoms with Crippen molar-refractivity contribution >= 4 is 0 Å². The van der Waals surface area contributed by atoms with Crippen LogP contribution in [0.3, 0.4) is 0 Å². The zero-order valence-electron chi connectivity index (χ0n) is 5.34. The predicted octanol–water partition coefficient (Wildman–Crippen LogP) is -1.28. The Balaban J connectivity index is 3.43. The van der Waals surface area contributed by atoms with Crippen LogP contribution in [0.15, 0.2) is 12.5 Å².